The summed E-state index contributed by atoms with van der Waals surface area (Å²) in [6.45, 7) is 7.92. The number of methoxy groups -OCH3 is 1. The average molecular weight is 213 g/mol. The largest absolute Gasteiger partial charge is 0.385 e. The smallest absolute Gasteiger partial charge is 0.0476 e. The van der Waals surface area contributed by atoms with Gasteiger partial charge in [-0.05, 0) is 31.6 Å². The van der Waals surface area contributed by atoms with E-state index in [0.717, 1.165) is 13.0 Å². The highest BCUT2D eigenvalue weighted by Gasteiger charge is 2.32. The molecule has 2 heteroatoms. The monoisotopic (exact) mass is 213 g/mol. The van der Waals surface area contributed by atoms with Gasteiger partial charge < -0.3 is 10.1 Å². The van der Waals surface area contributed by atoms with Gasteiger partial charge in [0, 0.05) is 25.8 Å². The van der Waals surface area contributed by atoms with Crippen molar-refractivity contribution in [2.24, 2.45) is 5.41 Å². The summed E-state index contributed by atoms with van der Waals surface area (Å²) in [5, 5.41) is 3.76. The normalized spacial score (nSPS) is 27.6. The fourth-order valence-electron chi connectivity index (χ4n) is 2.52. The van der Waals surface area contributed by atoms with Crippen LogP contribution in [0.25, 0.3) is 0 Å². The molecule has 1 rings (SSSR count). The van der Waals surface area contributed by atoms with Crippen molar-refractivity contribution in [1.29, 1.82) is 0 Å². The molecule has 0 aromatic rings. The van der Waals surface area contributed by atoms with Crippen molar-refractivity contribution in [1.82, 2.24) is 5.32 Å². The van der Waals surface area contributed by atoms with Crippen molar-refractivity contribution >= 4 is 0 Å². The van der Waals surface area contributed by atoms with Gasteiger partial charge >= 0.3 is 0 Å². The number of hydrogen-bond acceptors (Lipinski definition) is 2. The molecule has 1 N–H and O–H groups in total. The Morgan fingerprint density at radius 1 is 1.40 bits per heavy atom. The summed E-state index contributed by atoms with van der Waals surface area (Å²) in [4.78, 5) is 0. The lowest BCUT2D eigenvalue weighted by Crippen LogP contribution is -2.47. The number of hydrogen-bond donors (Lipinski definition) is 1. The van der Waals surface area contributed by atoms with Crippen molar-refractivity contribution in [3.8, 4) is 0 Å². The van der Waals surface area contributed by atoms with Crippen LogP contribution in [0.1, 0.15) is 52.9 Å². The quantitative estimate of drug-likeness (QED) is 0.758. The zero-order chi connectivity index (χ0) is 11.3. The van der Waals surface area contributed by atoms with Crippen LogP contribution in [0.5, 0.6) is 0 Å². The zero-order valence-corrected chi connectivity index (χ0v) is 10.8. The summed E-state index contributed by atoms with van der Waals surface area (Å²) in [5.74, 6) is 0. The molecule has 1 aliphatic rings. The second kappa shape index (κ2) is 5.86. The van der Waals surface area contributed by atoms with Crippen molar-refractivity contribution in [3.63, 3.8) is 0 Å². The molecule has 1 saturated carbocycles. The zero-order valence-electron chi connectivity index (χ0n) is 10.8. The Bertz CT molecular complexity index is 179. The SMILES string of the molecule is COCCC(C)NC1CCCCC1(C)C. The second-order valence-corrected chi connectivity index (χ2v) is 5.64. The number of ether oxygens (including phenoxy) is 1. The average Bonchev–Trinajstić information content (AvgIpc) is 2.18. The van der Waals surface area contributed by atoms with Gasteiger partial charge in [-0.25, -0.2) is 0 Å². The minimum atomic E-state index is 0.472. The van der Waals surface area contributed by atoms with Crippen molar-refractivity contribution in [2.75, 3.05) is 13.7 Å². The van der Waals surface area contributed by atoms with Gasteiger partial charge in [-0.3, -0.25) is 0 Å². The third-order valence-corrected chi connectivity index (χ3v) is 3.75. The van der Waals surface area contributed by atoms with Gasteiger partial charge in [0.15, 0.2) is 0 Å². The van der Waals surface area contributed by atoms with E-state index >= 15 is 0 Å². The molecule has 2 atom stereocenters. The molecular weight excluding hydrogens is 186 g/mol. The lowest BCUT2D eigenvalue weighted by atomic mass is 9.73. The second-order valence-electron chi connectivity index (χ2n) is 5.64. The van der Waals surface area contributed by atoms with Gasteiger partial charge in [-0.1, -0.05) is 26.7 Å². The van der Waals surface area contributed by atoms with Gasteiger partial charge in [-0.15, -0.1) is 0 Å². The molecule has 0 heterocycles. The number of rotatable bonds is 5. The van der Waals surface area contributed by atoms with E-state index in [9.17, 15) is 0 Å². The summed E-state index contributed by atoms with van der Waals surface area (Å²) < 4.78 is 5.11. The lowest BCUT2D eigenvalue weighted by Gasteiger charge is -2.40. The van der Waals surface area contributed by atoms with E-state index in [1.165, 1.54) is 25.7 Å². The van der Waals surface area contributed by atoms with Gasteiger partial charge in [-0.2, -0.15) is 0 Å². The predicted molar refractivity (Wildman–Crippen MR) is 65.1 cm³/mol. The topological polar surface area (TPSA) is 21.3 Å². The van der Waals surface area contributed by atoms with Gasteiger partial charge in [0.05, 0.1) is 0 Å². The van der Waals surface area contributed by atoms with Gasteiger partial charge in [0.1, 0.15) is 0 Å². The molecule has 2 unspecified atom stereocenters. The van der Waals surface area contributed by atoms with Crippen LogP contribution in [0.2, 0.25) is 0 Å². The summed E-state index contributed by atoms with van der Waals surface area (Å²) in [5.41, 5.74) is 0.472. The number of nitrogens with one attached hydrogen (secondary N) is 1. The molecule has 0 amide bonds. The Labute approximate surface area is 94.8 Å². The van der Waals surface area contributed by atoms with Crippen LogP contribution in [0.3, 0.4) is 0 Å². The minimum Gasteiger partial charge on any atom is -0.385 e. The van der Waals surface area contributed by atoms with E-state index < -0.39 is 0 Å². The molecule has 0 aromatic heterocycles. The molecule has 0 aromatic carbocycles. The molecule has 1 aliphatic carbocycles. The molecule has 15 heavy (non-hydrogen) atoms. The Morgan fingerprint density at radius 3 is 2.73 bits per heavy atom. The predicted octanol–water partition coefficient (Wildman–Crippen LogP) is 2.97. The summed E-state index contributed by atoms with van der Waals surface area (Å²) in [7, 11) is 1.78. The van der Waals surface area contributed by atoms with E-state index in [2.05, 4.69) is 26.1 Å². The van der Waals surface area contributed by atoms with Crippen LogP contribution in [0.4, 0.5) is 0 Å². The minimum absolute atomic E-state index is 0.472. The highest BCUT2D eigenvalue weighted by molar-refractivity contribution is 4.89. The molecule has 90 valence electrons. The van der Waals surface area contributed by atoms with Crippen LogP contribution in [0, 0.1) is 5.41 Å². The first-order chi connectivity index (χ1) is 7.06. The van der Waals surface area contributed by atoms with Gasteiger partial charge in [0.25, 0.3) is 0 Å². The molecule has 0 radical (unpaired) electrons. The van der Waals surface area contributed by atoms with Crippen molar-refractivity contribution in [3.05, 3.63) is 0 Å². The third kappa shape index (κ3) is 4.12. The Balaban J connectivity index is 2.34. The van der Waals surface area contributed by atoms with Crippen LogP contribution >= 0.6 is 0 Å². The third-order valence-electron chi connectivity index (χ3n) is 3.75. The molecule has 0 aliphatic heterocycles. The van der Waals surface area contributed by atoms with E-state index in [1.54, 1.807) is 7.11 Å². The maximum absolute atomic E-state index is 5.11. The fraction of sp³-hybridized carbons (Fsp3) is 1.00. The lowest BCUT2D eigenvalue weighted by molar-refractivity contribution is 0.140. The summed E-state index contributed by atoms with van der Waals surface area (Å²) >= 11 is 0. The van der Waals surface area contributed by atoms with Crippen LogP contribution in [-0.4, -0.2) is 25.8 Å². The van der Waals surface area contributed by atoms with E-state index in [1.807, 2.05) is 0 Å². The standard InChI is InChI=1S/C13H27NO/c1-11(8-10-15-4)14-12-7-5-6-9-13(12,2)3/h11-12,14H,5-10H2,1-4H3. The highest BCUT2D eigenvalue weighted by Crippen LogP contribution is 2.35. The molecule has 0 spiro atoms. The molecular formula is C13H27NO. The Kier molecular flexibility index (Phi) is 5.07. The molecule has 0 bridgehead atoms. The molecule has 1 fully saturated rings. The van der Waals surface area contributed by atoms with Crippen molar-refractivity contribution in [2.45, 2.75) is 65.0 Å². The van der Waals surface area contributed by atoms with E-state index in [-0.39, 0.29) is 0 Å². The Morgan fingerprint density at radius 2 is 2.13 bits per heavy atom. The maximum Gasteiger partial charge on any atom is 0.0476 e. The first-order valence-electron chi connectivity index (χ1n) is 6.31. The first kappa shape index (κ1) is 13.0. The summed E-state index contributed by atoms with van der Waals surface area (Å²) in [6.07, 6.45) is 6.60. The first-order valence-corrected chi connectivity index (χ1v) is 6.31. The molecule has 0 saturated heterocycles. The van der Waals surface area contributed by atoms with Crippen LogP contribution in [0.15, 0.2) is 0 Å². The van der Waals surface area contributed by atoms with Gasteiger partial charge in [0.2, 0.25) is 0 Å². The molecule has 2 nitrogen and oxygen atoms in total. The van der Waals surface area contributed by atoms with Crippen LogP contribution < -0.4 is 5.32 Å². The highest BCUT2D eigenvalue weighted by atomic mass is 16.5. The summed E-state index contributed by atoms with van der Waals surface area (Å²) in [6, 6.07) is 1.27. The fourth-order valence-corrected chi connectivity index (χ4v) is 2.52. The van der Waals surface area contributed by atoms with Crippen molar-refractivity contribution < 1.29 is 4.74 Å². The van der Waals surface area contributed by atoms with Crippen LogP contribution in [-0.2, 0) is 4.74 Å². The van der Waals surface area contributed by atoms with E-state index in [4.69, 9.17) is 4.74 Å². The Hall–Kier alpha value is -0.0800. The van der Waals surface area contributed by atoms with E-state index in [0.29, 0.717) is 17.5 Å². The maximum atomic E-state index is 5.11.